The fourth-order valence-corrected chi connectivity index (χ4v) is 2.51. The summed E-state index contributed by atoms with van der Waals surface area (Å²) in [7, 11) is 0. The second kappa shape index (κ2) is 6.25. The molecule has 0 aliphatic rings. The largest absolute Gasteiger partial charge is 0.461 e. The number of anilines is 1. The van der Waals surface area contributed by atoms with Crippen LogP contribution in [-0.2, 0) is 16.1 Å². The van der Waals surface area contributed by atoms with Crippen LogP contribution in [0.4, 0.5) is 5.69 Å². The van der Waals surface area contributed by atoms with Gasteiger partial charge in [0.05, 0.1) is 5.69 Å². The molecule has 0 spiro atoms. The molecule has 0 atom stereocenters. The SMILES string of the molecule is CCCC(=O)OCc1cc(Br)cc(Br)c1N. The molecule has 5 heteroatoms. The molecule has 0 bridgehead atoms. The van der Waals surface area contributed by atoms with Gasteiger partial charge in [-0.2, -0.15) is 0 Å². The monoisotopic (exact) mass is 349 g/mol. The summed E-state index contributed by atoms with van der Waals surface area (Å²) in [5, 5.41) is 0. The normalized spacial score (nSPS) is 10.2. The second-order valence-corrected chi connectivity index (χ2v) is 5.14. The van der Waals surface area contributed by atoms with E-state index in [-0.39, 0.29) is 12.6 Å². The van der Waals surface area contributed by atoms with Crippen molar-refractivity contribution in [1.82, 2.24) is 0 Å². The van der Waals surface area contributed by atoms with Crippen LogP contribution in [0.2, 0.25) is 0 Å². The summed E-state index contributed by atoms with van der Waals surface area (Å²) in [6, 6.07) is 3.70. The molecule has 1 aromatic rings. The molecule has 88 valence electrons. The van der Waals surface area contributed by atoms with E-state index in [0.717, 1.165) is 20.9 Å². The Morgan fingerprint density at radius 1 is 1.44 bits per heavy atom. The van der Waals surface area contributed by atoms with E-state index in [4.69, 9.17) is 10.5 Å². The molecule has 1 rings (SSSR count). The summed E-state index contributed by atoms with van der Waals surface area (Å²) in [4.78, 5) is 11.2. The first-order valence-corrected chi connectivity index (χ1v) is 6.52. The molecular formula is C11H13Br2NO2. The Hall–Kier alpha value is -0.550. The third-order valence-electron chi connectivity index (χ3n) is 2.02. The molecule has 0 amide bonds. The average molecular weight is 351 g/mol. The zero-order valence-corrected chi connectivity index (χ0v) is 12.1. The van der Waals surface area contributed by atoms with Gasteiger partial charge in [0.25, 0.3) is 0 Å². The molecule has 0 radical (unpaired) electrons. The fourth-order valence-electron chi connectivity index (χ4n) is 1.19. The number of nitrogens with two attached hydrogens (primary N) is 1. The highest BCUT2D eigenvalue weighted by Crippen LogP contribution is 2.28. The Bertz CT molecular complexity index is 394. The number of halogens is 2. The predicted molar refractivity (Wildman–Crippen MR) is 71.0 cm³/mol. The molecule has 16 heavy (non-hydrogen) atoms. The van der Waals surface area contributed by atoms with E-state index in [1.807, 2.05) is 19.1 Å². The Balaban J connectivity index is 2.70. The first kappa shape index (κ1) is 13.5. The first-order chi connectivity index (χ1) is 7.54. The number of hydrogen-bond donors (Lipinski definition) is 1. The maximum absolute atomic E-state index is 11.2. The van der Waals surface area contributed by atoms with Gasteiger partial charge in [-0.05, 0) is 34.5 Å². The van der Waals surface area contributed by atoms with Crippen LogP contribution in [0.15, 0.2) is 21.1 Å². The summed E-state index contributed by atoms with van der Waals surface area (Å²) < 4.78 is 6.79. The van der Waals surface area contributed by atoms with Crippen molar-refractivity contribution in [2.75, 3.05) is 5.73 Å². The van der Waals surface area contributed by atoms with Gasteiger partial charge in [-0.25, -0.2) is 0 Å². The zero-order chi connectivity index (χ0) is 12.1. The molecule has 0 saturated carbocycles. The van der Waals surface area contributed by atoms with Gasteiger partial charge in [0, 0.05) is 20.9 Å². The van der Waals surface area contributed by atoms with Gasteiger partial charge in [-0.15, -0.1) is 0 Å². The average Bonchev–Trinajstić information content (AvgIpc) is 2.21. The van der Waals surface area contributed by atoms with E-state index < -0.39 is 0 Å². The van der Waals surface area contributed by atoms with Crippen molar-refractivity contribution in [3.63, 3.8) is 0 Å². The second-order valence-electron chi connectivity index (χ2n) is 3.37. The Morgan fingerprint density at radius 2 is 2.12 bits per heavy atom. The summed E-state index contributed by atoms with van der Waals surface area (Å²) in [6.45, 7) is 2.15. The predicted octanol–water partition coefficient (Wildman–Crippen LogP) is 3.64. The third-order valence-corrected chi connectivity index (χ3v) is 3.14. The lowest BCUT2D eigenvalue weighted by Crippen LogP contribution is -2.05. The number of benzene rings is 1. The van der Waals surface area contributed by atoms with Crippen LogP contribution in [0.25, 0.3) is 0 Å². The Morgan fingerprint density at radius 3 is 2.75 bits per heavy atom. The van der Waals surface area contributed by atoms with E-state index in [9.17, 15) is 4.79 Å². The maximum Gasteiger partial charge on any atom is 0.306 e. The molecule has 0 aliphatic heterocycles. The quantitative estimate of drug-likeness (QED) is 0.666. The lowest BCUT2D eigenvalue weighted by Gasteiger charge is -2.09. The molecule has 0 saturated heterocycles. The van der Waals surface area contributed by atoms with Crippen LogP contribution in [-0.4, -0.2) is 5.97 Å². The molecule has 0 fully saturated rings. The lowest BCUT2D eigenvalue weighted by molar-refractivity contribution is -0.144. The minimum Gasteiger partial charge on any atom is -0.461 e. The number of carbonyl (C=O) groups excluding carboxylic acids is 1. The number of carbonyl (C=O) groups is 1. The van der Waals surface area contributed by atoms with Crippen molar-refractivity contribution >= 4 is 43.5 Å². The minimum atomic E-state index is -0.196. The minimum absolute atomic E-state index is 0.196. The van der Waals surface area contributed by atoms with E-state index >= 15 is 0 Å². The zero-order valence-electron chi connectivity index (χ0n) is 8.93. The van der Waals surface area contributed by atoms with Crippen LogP contribution >= 0.6 is 31.9 Å². The Kier molecular flexibility index (Phi) is 5.28. The van der Waals surface area contributed by atoms with Crippen molar-refractivity contribution < 1.29 is 9.53 Å². The van der Waals surface area contributed by atoms with Gasteiger partial charge in [0.1, 0.15) is 6.61 Å². The maximum atomic E-state index is 11.2. The summed E-state index contributed by atoms with van der Waals surface area (Å²) in [5.41, 5.74) is 7.25. The van der Waals surface area contributed by atoms with Gasteiger partial charge >= 0.3 is 5.97 Å². The number of nitrogen functional groups attached to an aromatic ring is 1. The molecule has 2 N–H and O–H groups in total. The molecule has 0 aliphatic carbocycles. The summed E-state index contributed by atoms with van der Waals surface area (Å²) in [5.74, 6) is -0.196. The summed E-state index contributed by atoms with van der Waals surface area (Å²) in [6.07, 6.45) is 1.23. The van der Waals surface area contributed by atoms with Crippen molar-refractivity contribution in [3.8, 4) is 0 Å². The van der Waals surface area contributed by atoms with Gasteiger partial charge in [-0.1, -0.05) is 22.9 Å². The highest BCUT2D eigenvalue weighted by atomic mass is 79.9. The number of esters is 1. The van der Waals surface area contributed by atoms with E-state index in [2.05, 4.69) is 31.9 Å². The standard InChI is InChI=1S/C11H13Br2NO2/c1-2-3-10(15)16-6-7-4-8(12)5-9(13)11(7)14/h4-5H,2-3,6,14H2,1H3. The van der Waals surface area contributed by atoms with Gasteiger partial charge in [0.15, 0.2) is 0 Å². The van der Waals surface area contributed by atoms with E-state index in [0.29, 0.717) is 12.1 Å². The number of hydrogen-bond acceptors (Lipinski definition) is 3. The Labute approximate surface area is 112 Å². The molecule has 0 aromatic heterocycles. The molecular weight excluding hydrogens is 338 g/mol. The van der Waals surface area contributed by atoms with Gasteiger partial charge in [-0.3, -0.25) is 4.79 Å². The lowest BCUT2D eigenvalue weighted by atomic mass is 10.2. The van der Waals surface area contributed by atoms with E-state index in [1.54, 1.807) is 0 Å². The van der Waals surface area contributed by atoms with Crippen LogP contribution < -0.4 is 5.73 Å². The van der Waals surface area contributed by atoms with Gasteiger partial charge in [0.2, 0.25) is 0 Å². The van der Waals surface area contributed by atoms with Gasteiger partial charge < -0.3 is 10.5 Å². The first-order valence-electron chi connectivity index (χ1n) is 4.93. The number of ether oxygens (including phenoxy) is 1. The highest BCUT2D eigenvalue weighted by molar-refractivity contribution is 9.11. The molecule has 0 heterocycles. The van der Waals surface area contributed by atoms with Crippen molar-refractivity contribution in [2.24, 2.45) is 0 Å². The van der Waals surface area contributed by atoms with Crippen LogP contribution in [0.5, 0.6) is 0 Å². The van der Waals surface area contributed by atoms with E-state index in [1.165, 1.54) is 0 Å². The van der Waals surface area contributed by atoms with Crippen LogP contribution in [0, 0.1) is 0 Å². The van der Waals surface area contributed by atoms with Crippen LogP contribution in [0.3, 0.4) is 0 Å². The summed E-state index contributed by atoms with van der Waals surface area (Å²) >= 11 is 6.70. The van der Waals surface area contributed by atoms with Crippen LogP contribution in [0.1, 0.15) is 25.3 Å². The molecule has 3 nitrogen and oxygen atoms in total. The van der Waals surface area contributed by atoms with Crippen molar-refractivity contribution in [2.45, 2.75) is 26.4 Å². The third kappa shape index (κ3) is 3.79. The van der Waals surface area contributed by atoms with Crippen molar-refractivity contribution in [3.05, 3.63) is 26.6 Å². The number of rotatable bonds is 4. The molecule has 0 unspecified atom stereocenters. The smallest absolute Gasteiger partial charge is 0.306 e. The topological polar surface area (TPSA) is 52.3 Å². The highest BCUT2D eigenvalue weighted by Gasteiger charge is 2.08. The van der Waals surface area contributed by atoms with Crippen molar-refractivity contribution in [1.29, 1.82) is 0 Å². The molecule has 1 aromatic carbocycles. The fraction of sp³-hybridized carbons (Fsp3) is 0.364.